The molecule has 0 spiro atoms. The number of anilines is 1. The molecule has 0 aliphatic heterocycles. The van der Waals surface area contributed by atoms with Crippen LogP contribution in [0, 0.1) is 11.3 Å². The number of benzene rings is 1. The highest BCUT2D eigenvalue weighted by Crippen LogP contribution is 2.20. The van der Waals surface area contributed by atoms with Gasteiger partial charge in [-0.15, -0.1) is 0 Å². The molecular weight excluding hydrogens is 316 g/mol. The van der Waals surface area contributed by atoms with E-state index in [0.717, 1.165) is 10.0 Å². The molecule has 0 unspecified atom stereocenters. The van der Waals surface area contributed by atoms with Crippen molar-refractivity contribution in [3.63, 3.8) is 0 Å². The highest BCUT2D eigenvalue weighted by molar-refractivity contribution is 9.10. The van der Waals surface area contributed by atoms with Gasteiger partial charge in [0.2, 0.25) is 5.28 Å². The predicted octanol–water partition coefficient (Wildman–Crippen LogP) is 3.38. The Balaban J connectivity index is 2.11. The van der Waals surface area contributed by atoms with Crippen LogP contribution in [-0.4, -0.2) is 9.97 Å². The van der Waals surface area contributed by atoms with Gasteiger partial charge in [0.1, 0.15) is 5.82 Å². The zero-order valence-electron chi connectivity index (χ0n) is 9.19. The normalized spacial score (nSPS) is 9.83. The van der Waals surface area contributed by atoms with E-state index in [9.17, 15) is 0 Å². The molecule has 0 fully saturated rings. The summed E-state index contributed by atoms with van der Waals surface area (Å²) in [6.45, 7) is 0.557. The van der Waals surface area contributed by atoms with Gasteiger partial charge in [-0.1, -0.05) is 12.1 Å². The second-order valence-corrected chi connectivity index (χ2v) is 4.69. The van der Waals surface area contributed by atoms with E-state index in [0.29, 0.717) is 17.9 Å². The third-order valence-electron chi connectivity index (χ3n) is 2.23. The summed E-state index contributed by atoms with van der Waals surface area (Å²) >= 11 is 9.05. The van der Waals surface area contributed by atoms with Crippen LogP contribution in [0.2, 0.25) is 5.28 Å². The quantitative estimate of drug-likeness (QED) is 0.880. The van der Waals surface area contributed by atoms with Gasteiger partial charge in [0, 0.05) is 12.7 Å². The Kier molecular flexibility index (Phi) is 4.13. The Morgan fingerprint density at radius 1 is 1.44 bits per heavy atom. The maximum Gasteiger partial charge on any atom is 0.224 e. The monoisotopic (exact) mass is 322 g/mol. The Morgan fingerprint density at radius 3 is 3.06 bits per heavy atom. The summed E-state index contributed by atoms with van der Waals surface area (Å²) < 4.78 is 0.739. The van der Waals surface area contributed by atoms with Gasteiger partial charge in [-0.3, -0.25) is 0 Å². The van der Waals surface area contributed by atoms with Gasteiger partial charge in [0.05, 0.1) is 16.1 Å². The first-order valence-corrected chi connectivity index (χ1v) is 6.27. The topological polar surface area (TPSA) is 61.6 Å². The fourth-order valence-electron chi connectivity index (χ4n) is 1.41. The molecule has 18 heavy (non-hydrogen) atoms. The number of nitrogens with one attached hydrogen (secondary N) is 1. The van der Waals surface area contributed by atoms with E-state index < -0.39 is 0 Å². The van der Waals surface area contributed by atoms with E-state index in [4.69, 9.17) is 16.9 Å². The average Bonchev–Trinajstić information content (AvgIpc) is 2.40. The molecule has 6 heteroatoms. The predicted molar refractivity (Wildman–Crippen MR) is 73.2 cm³/mol. The van der Waals surface area contributed by atoms with Crippen molar-refractivity contribution in [1.82, 2.24) is 9.97 Å². The second-order valence-electron chi connectivity index (χ2n) is 3.50. The van der Waals surface area contributed by atoms with Crippen LogP contribution >= 0.6 is 27.5 Å². The number of nitriles is 1. The van der Waals surface area contributed by atoms with Crippen molar-refractivity contribution in [2.24, 2.45) is 0 Å². The molecule has 0 aliphatic rings. The minimum absolute atomic E-state index is 0.187. The number of nitrogens with zero attached hydrogens (tertiary/aromatic N) is 3. The van der Waals surface area contributed by atoms with E-state index in [-0.39, 0.29) is 5.28 Å². The fourth-order valence-corrected chi connectivity index (χ4v) is 1.87. The Morgan fingerprint density at radius 2 is 2.28 bits per heavy atom. The molecular formula is C12H8BrClN4. The summed E-state index contributed by atoms with van der Waals surface area (Å²) in [5.74, 6) is 0.623. The SMILES string of the molecule is N#Cc1cccc(CNc2nc(Cl)ncc2Br)c1. The number of rotatable bonds is 3. The van der Waals surface area contributed by atoms with Crippen LogP contribution in [0.4, 0.5) is 5.82 Å². The fraction of sp³-hybridized carbons (Fsp3) is 0.0833. The first kappa shape index (κ1) is 12.8. The Hall–Kier alpha value is -1.64. The molecule has 0 saturated heterocycles. The van der Waals surface area contributed by atoms with Gasteiger partial charge in [-0.05, 0) is 45.2 Å². The molecule has 1 aromatic carbocycles. The summed E-state index contributed by atoms with van der Waals surface area (Å²) in [5.41, 5.74) is 1.63. The van der Waals surface area contributed by atoms with Crippen LogP contribution in [0.3, 0.4) is 0 Å². The average molecular weight is 324 g/mol. The van der Waals surface area contributed by atoms with Gasteiger partial charge in [-0.25, -0.2) is 4.98 Å². The third kappa shape index (κ3) is 3.19. The third-order valence-corrected chi connectivity index (χ3v) is 2.99. The van der Waals surface area contributed by atoms with Crippen molar-refractivity contribution in [1.29, 1.82) is 5.26 Å². The lowest BCUT2D eigenvalue weighted by Gasteiger charge is -2.07. The van der Waals surface area contributed by atoms with Crippen LogP contribution in [0.25, 0.3) is 0 Å². The van der Waals surface area contributed by atoms with Crippen molar-refractivity contribution >= 4 is 33.3 Å². The molecule has 1 heterocycles. The molecule has 90 valence electrons. The molecule has 0 saturated carbocycles. The van der Waals surface area contributed by atoms with Crippen LogP contribution in [-0.2, 0) is 6.54 Å². The van der Waals surface area contributed by atoms with Gasteiger partial charge < -0.3 is 5.32 Å². The lowest BCUT2D eigenvalue weighted by Crippen LogP contribution is -2.03. The van der Waals surface area contributed by atoms with Crippen molar-refractivity contribution in [3.05, 3.63) is 51.3 Å². The molecule has 0 aliphatic carbocycles. The first-order valence-electron chi connectivity index (χ1n) is 5.10. The van der Waals surface area contributed by atoms with E-state index in [1.807, 2.05) is 18.2 Å². The summed E-state index contributed by atoms with van der Waals surface area (Å²) in [6, 6.07) is 9.47. The molecule has 1 N–H and O–H groups in total. The van der Waals surface area contributed by atoms with E-state index in [1.165, 1.54) is 0 Å². The molecule has 2 rings (SSSR count). The Bertz CT molecular complexity index is 609. The van der Waals surface area contributed by atoms with E-state index in [1.54, 1.807) is 12.3 Å². The zero-order valence-corrected chi connectivity index (χ0v) is 11.5. The lowest BCUT2D eigenvalue weighted by atomic mass is 10.1. The molecule has 0 amide bonds. The van der Waals surface area contributed by atoms with E-state index >= 15 is 0 Å². The zero-order chi connectivity index (χ0) is 13.0. The molecule has 0 atom stereocenters. The van der Waals surface area contributed by atoms with Gasteiger partial charge in [-0.2, -0.15) is 10.2 Å². The molecule has 4 nitrogen and oxygen atoms in total. The lowest BCUT2D eigenvalue weighted by molar-refractivity contribution is 1.07. The second kappa shape index (κ2) is 5.80. The minimum Gasteiger partial charge on any atom is -0.365 e. The maximum absolute atomic E-state index is 8.81. The number of hydrogen-bond donors (Lipinski definition) is 1. The van der Waals surface area contributed by atoms with Crippen LogP contribution in [0.15, 0.2) is 34.9 Å². The highest BCUT2D eigenvalue weighted by atomic mass is 79.9. The molecule has 0 bridgehead atoms. The van der Waals surface area contributed by atoms with Gasteiger partial charge in [0.25, 0.3) is 0 Å². The maximum atomic E-state index is 8.81. The molecule has 2 aromatic rings. The smallest absolute Gasteiger partial charge is 0.224 e. The van der Waals surface area contributed by atoms with Crippen molar-refractivity contribution in [2.45, 2.75) is 6.54 Å². The van der Waals surface area contributed by atoms with Crippen molar-refractivity contribution in [2.75, 3.05) is 5.32 Å². The number of hydrogen-bond acceptors (Lipinski definition) is 4. The Labute approximate surface area is 118 Å². The van der Waals surface area contributed by atoms with Gasteiger partial charge >= 0.3 is 0 Å². The molecule has 0 radical (unpaired) electrons. The standard InChI is InChI=1S/C12H8BrClN4/c13-10-7-17-12(14)18-11(10)16-6-9-3-1-2-8(4-9)5-15/h1-4,7H,6H2,(H,16,17,18). The van der Waals surface area contributed by atoms with Crippen LogP contribution < -0.4 is 5.32 Å². The van der Waals surface area contributed by atoms with Crippen molar-refractivity contribution in [3.8, 4) is 6.07 Å². The van der Waals surface area contributed by atoms with Crippen molar-refractivity contribution < 1.29 is 0 Å². The summed E-state index contributed by atoms with van der Waals surface area (Å²) in [7, 11) is 0. The van der Waals surface area contributed by atoms with Gasteiger partial charge in [0.15, 0.2) is 0 Å². The molecule has 1 aromatic heterocycles. The van der Waals surface area contributed by atoms with Crippen LogP contribution in [0.1, 0.15) is 11.1 Å². The summed E-state index contributed by atoms with van der Waals surface area (Å²) in [5, 5.41) is 12.1. The largest absolute Gasteiger partial charge is 0.365 e. The highest BCUT2D eigenvalue weighted by Gasteiger charge is 2.03. The summed E-state index contributed by atoms with van der Waals surface area (Å²) in [6.07, 6.45) is 1.59. The van der Waals surface area contributed by atoms with E-state index in [2.05, 4.69) is 37.3 Å². The summed E-state index contributed by atoms with van der Waals surface area (Å²) in [4.78, 5) is 7.91. The number of aromatic nitrogens is 2. The first-order chi connectivity index (χ1) is 8.69. The minimum atomic E-state index is 0.187. The number of halogens is 2. The van der Waals surface area contributed by atoms with Crippen LogP contribution in [0.5, 0.6) is 0 Å².